The minimum atomic E-state index is -0.192. The van der Waals surface area contributed by atoms with Crippen LogP contribution >= 0.6 is 11.8 Å². The maximum absolute atomic E-state index is 12.9. The third kappa shape index (κ3) is 4.31. The fraction of sp³-hybridized carbons (Fsp3) is 0.421. The van der Waals surface area contributed by atoms with Crippen LogP contribution in [0, 0.1) is 6.92 Å². The van der Waals surface area contributed by atoms with Crippen LogP contribution in [-0.4, -0.2) is 29.2 Å². The van der Waals surface area contributed by atoms with Crippen LogP contribution in [0.4, 0.5) is 0 Å². The van der Waals surface area contributed by atoms with E-state index in [1.807, 2.05) is 58.2 Å². The number of aromatic nitrogens is 2. The Labute approximate surface area is 153 Å². The summed E-state index contributed by atoms with van der Waals surface area (Å²) in [7, 11) is 1.63. The van der Waals surface area contributed by atoms with Gasteiger partial charge >= 0.3 is 0 Å². The van der Waals surface area contributed by atoms with Gasteiger partial charge in [0.05, 0.1) is 24.4 Å². The van der Waals surface area contributed by atoms with Crippen LogP contribution in [0.1, 0.15) is 60.2 Å². The van der Waals surface area contributed by atoms with Crippen molar-refractivity contribution >= 4 is 17.7 Å². The van der Waals surface area contributed by atoms with Crippen molar-refractivity contribution < 1.29 is 9.53 Å². The van der Waals surface area contributed by atoms with Crippen molar-refractivity contribution in [2.45, 2.75) is 44.7 Å². The fourth-order valence-electron chi connectivity index (χ4n) is 2.61. The molecule has 1 unspecified atom stereocenters. The summed E-state index contributed by atoms with van der Waals surface area (Å²) in [4.78, 5) is 21.9. The third-order valence-corrected chi connectivity index (χ3v) is 4.65. The van der Waals surface area contributed by atoms with Gasteiger partial charge in [-0.05, 0) is 26.2 Å². The van der Waals surface area contributed by atoms with E-state index in [0.717, 1.165) is 17.1 Å². The highest BCUT2D eigenvalue weighted by molar-refractivity contribution is 7.98. The normalized spacial score (nSPS) is 12.1. The Morgan fingerprint density at radius 3 is 2.48 bits per heavy atom. The van der Waals surface area contributed by atoms with Crippen LogP contribution in [0.25, 0.3) is 0 Å². The van der Waals surface area contributed by atoms with Crippen molar-refractivity contribution in [3.8, 4) is 5.75 Å². The first kappa shape index (κ1) is 19.2. The van der Waals surface area contributed by atoms with Gasteiger partial charge < -0.3 is 10.1 Å². The molecule has 6 heteroatoms. The molecule has 1 N–H and O–H groups in total. The van der Waals surface area contributed by atoms with E-state index in [4.69, 9.17) is 4.74 Å². The first-order chi connectivity index (χ1) is 11.9. The molecule has 0 aliphatic rings. The molecule has 0 bridgehead atoms. The SMILES string of the molecule is COc1ccccc1C(C)NC(=O)c1c(C)nc(C(C)C)nc1SC. The van der Waals surface area contributed by atoms with E-state index in [2.05, 4.69) is 15.3 Å². The van der Waals surface area contributed by atoms with Crippen LogP contribution in [0.15, 0.2) is 29.3 Å². The van der Waals surface area contributed by atoms with Gasteiger partial charge in [0.2, 0.25) is 0 Å². The van der Waals surface area contributed by atoms with Crippen LogP contribution in [0.5, 0.6) is 5.75 Å². The zero-order valence-electron chi connectivity index (χ0n) is 15.6. The summed E-state index contributed by atoms with van der Waals surface area (Å²) < 4.78 is 5.38. The minimum Gasteiger partial charge on any atom is -0.496 e. The van der Waals surface area contributed by atoms with Gasteiger partial charge in [0.1, 0.15) is 16.6 Å². The summed E-state index contributed by atoms with van der Waals surface area (Å²) in [6, 6.07) is 7.48. The van der Waals surface area contributed by atoms with E-state index in [9.17, 15) is 4.79 Å². The highest BCUT2D eigenvalue weighted by atomic mass is 32.2. The lowest BCUT2D eigenvalue weighted by molar-refractivity contribution is 0.0934. The summed E-state index contributed by atoms with van der Waals surface area (Å²) in [5.74, 6) is 1.56. The topological polar surface area (TPSA) is 64.1 Å². The standard InChI is InChI=1S/C19H25N3O2S/c1-11(2)17-20-13(4)16(19(22-17)25-6)18(23)21-12(3)14-9-7-8-10-15(14)24-5/h7-12H,1-6H3,(H,21,23). The largest absolute Gasteiger partial charge is 0.496 e. The third-order valence-electron chi connectivity index (χ3n) is 3.96. The number of carbonyl (C=O) groups is 1. The Hall–Kier alpha value is -2.08. The van der Waals surface area contributed by atoms with Crippen LogP contribution in [0.3, 0.4) is 0 Å². The number of para-hydroxylation sites is 1. The number of aryl methyl sites for hydroxylation is 1. The van der Waals surface area contributed by atoms with Crippen LogP contribution < -0.4 is 10.1 Å². The van der Waals surface area contributed by atoms with Gasteiger partial charge in [-0.25, -0.2) is 9.97 Å². The van der Waals surface area contributed by atoms with E-state index < -0.39 is 0 Å². The quantitative estimate of drug-likeness (QED) is 0.620. The van der Waals surface area contributed by atoms with Gasteiger partial charge in [-0.2, -0.15) is 0 Å². The number of hydrogen-bond acceptors (Lipinski definition) is 5. The number of amides is 1. The minimum absolute atomic E-state index is 0.171. The first-order valence-corrected chi connectivity index (χ1v) is 9.47. The molecule has 0 aliphatic carbocycles. The molecule has 25 heavy (non-hydrogen) atoms. The van der Waals surface area contributed by atoms with Crippen LogP contribution in [-0.2, 0) is 0 Å². The van der Waals surface area contributed by atoms with E-state index in [1.165, 1.54) is 11.8 Å². The van der Waals surface area contributed by atoms with Gasteiger partial charge in [0.25, 0.3) is 5.91 Å². The second kappa shape index (κ2) is 8.34. The second-order valence-electron chi connectivity index (χ2n) is 6.14. The molecule has 134 valence electrons. The van der Waals surface area contributed by atoms with Crippen molar-refractivity contribution in [1.29, 1.82) is 0 Å². The second-order valence-corrected chi connectivity index (χ2v) is 6.94. The fourth-order valence-corrected chi connectivity index (χ4v) is 3.23. The average molecular weight is 359 g/mol. The monoisotopic (exact) mass is 359 g/mol. The molecule has 0 spiro atoms. The van der Waals surface area contributed by atoms with Gasteiger partial charge in [0.15, 0.2) is 0 Å². The van der Waals surface area contributed by atoms with E-state index in [1.54, 1.807) is 7.11 Å². The number of nitrogens with zero attached hydrogens (tertiary/aromatic N) is 2. The number of benzene rings is 1. The Morgan fingerprint density at radius 2 is 1.88 bits per heavy atom. The number of methoxy groups -OCH3 is 1. The Morgan fingerprint density at radius 1 is 1.20 bits per heavy atom. The van der Waals surface area contributed by atoms with E-state index in [-0.39, 0.29) is 17.9 Å². The zero-order valence-corrected chi connectivity index (χ0v) is 16.4. The molecule has 1 aromatic heterocycles. The molecule has 0 saturated carbocycles. The number of ether oxygens (including phenoxy) is 1. The predicted molar refractivity (Wildman–Crippen MR) is 102 cm³/mol. The number of rotatable bonds is 6. The molecule has 1 amide bonds. The molecule has 2 aromatic rings. The van der Waals surface area contributed by atoms with Crippen molar-refractivity contribution in [3.63, 3.8) is 0 Å². The summed E-state index contributed by atoms with van der Waals surface area (Å²) in [5.41, 5.74) is 2.17. The molecule has 2 rings (SSSR count). The van der Waals surface area contributed by atoms with Crippen molar-refractivity contribution in [1.82, 2.24) is 15.3 Å². The number of hydrogen-bond donors (Lipinski definition) is 1. The molecule has 0 saturated heterocycles. The van der Waals surface area contributed by atoms with Crippen molar-refractivity contribution in [3.05, 3.63) is 46.9 Å². The maximum Gasteiger partial charge on any atom is 0.256 e. The first-order valence-electron chi connectivity index (χ1n) is 8.25. The number of thioether (sulfide) groups is 1. The summed E-state index contributed by atoms with van der Waals surface area (Å²) in [5, 5.41) is 3.75. The summed E-state index contributed by atoms with van der Waals surface area (Å²) >= 11 is 1.46. The van der Waals surface area contributed by atoms with Crippen LogP contribution in [0.2, 0.25) is 0 Å². The molecule has 1 atom stereocenters. The van der Waals surface area contributed by atoms with Crippen molar-refractivity contribution in [2.24, 2.45) is 0 Å². The zero-order chi connectivity index (χ0) is 18.6. The lowest BCUT2D eigenvalue weighted by Gasteiger charge is -2.19. The molecular weight excluding hydrogens is 334 g/mol. The number of nitrogens with one attached hydrogen (secondary N) is 1. The maximum atomic E-state index is 12.9. The molecular formula is C19H25N3O2S. The smallest absolute Gasteiger partial charge is 0.256 e. The molecule has 0 fully saturated rings. The average Bonchev–Trinajstić information content (AvgIpc) is 2.60. The highest BCUT2D eigenvalue weighted by Gasteiger charge is 2.22. The molecule has 5 nitrogen and oxygen atoms in total. The molecule has 0 radical (unpaired) electrons. The molecule has 1 aromatic carbocycles. The molecule has 0 aliphatic heterocycles. The van der Waals surface area contributed by atoms with Crippen molar-refractivity contribution in [2.75, 3.05) is 13.4 Å². The van der Waals surface area contributed by atoms with Gasteiger partial charge in [-0.15, -0.1) is 11.8 Å². The lowest BCUT2D eigenvalue weighted by Crippen LogP contribution is -2.29. The Balaban J connectivity index is 2.32. The van der Waals surface area contributed by atoms with E-state index >= 15 is 0 Å². The van der Waals surface area contributed by atoms with Gasteiger partial charge in [-0.1, -0.05) is 32.0 Å². The highest BCUT2D eigenvalue weighted by Crippen LogP contribution is 2.27. The van der Waals surface area contributed by atoms with Gasteiger partial charge in [0, 0.05) is 11.5 Å². The number of carbonyl (C=O) groups excluding carboxylic acids is 1. The summed E-state index contributed by atoms with van der Waals surface area (Å²) in [6.07, 6.45) is 1.92. The molecule has 1 heterocycles. The lowest BCUT2D eigenvalue weighted by atomic mass is 10.1. The Kier molecular flexibility index (Phi) is 6.42. The predicted octanol–water partition coefficient (Wildman–Crippen LogP) is 4.13. The van der Waals surface area contributed by atoms with E-state index in [0.29, 0.717) is 16.3 Å². The van der Waals surface area contributed by atoms with Gasteiger partial charge in [-0.3, -0.25) is 4.79 Å². The summed E-state index contributed by atoms with van der Waals surface area (Å²) in [6.45, 7) is 7.88. The Bertz CT molecular complexity index is 762.